The number of alkyl halides is 3. The van der Waals surface area contributed by atoms with Crippen molar-refractivity contribution in [1.29, 1.82) is 0 Å². The Balaban J connectivity index is 1.94. The summed E-state index contributed by atoms with van der Waals surface area (Å²) in [5.74, 6) is -1.16. The quantitative estimate of drug-likeness (QED) is 0.627. The van der Waals surface area contributed by atoms with Crippen molar-refractivity contribution >= 4 is 5.65 Å². The lowest BCUT2D eigenvalue weighted by Gasteiger charge is -2.28. The molecule has 27 heavy (non-hydrogen) atoms. The molecule has 0 N–H and O–H groups in total. The number of fused-ring (bicyclic) bond motifs is 1. The van der Waals surface area contributed by atoms with Crippen LogP contribution in [0.25, 0.3) is 16.8 Å². The number of rotatable bonds is 5. The van der Waals surface area contributed by atoms with Crippen LogP contribution in [-0.2, 0) is 11.3 Å². The third-order valence-corrected chi connectivity index (χ3v) is 3.92. The van der Waals surface area contributed by atoms with Crippen molar-refractivity contribution in [2.45, 2.75) is 32.2 Å². The average Bonchev–Trinajstić information content (AvgIpc) is 2.98. The van der Waals surface area contributed by atoms with E-state index in [-0.39, 0.29) is 6.61 Å². The van der Waals surface area contributed by atoms with Gasteiger partial charge in [-0.05, 0) is 32.0 Å². The highest BCUT2D eigenvalue weighted by Crippen LogP contribution is 2.35. The van der Waals surface area contributed by atoms with Crippen LogP contribution in [0.5, 0.6) is 5.88 Å². The van der Waals surface area contributed by atoms with Crippen molar-refractivity contribution in [1.82, 2.24) is 19.6 Å². The molecule has 0 saturated carbocycles. The Hall–Kier alpha value is -2.75. The van der Waals surface area contributed by atoms with E-state index in [1.54, 1.807) is 22.7 Å². The largest absolute Gasteiger partial charge is 0.460 e. The summed E-state index contributed by atoms with van der Waals surface area (Å²) in [7, 11) is 1.52. The Morgan fingerprint density at radius 3 is 2.48 bits per heavy atom. The number of hydrogen-bond acceptors (Lipinski definition) is 5. The average molecular weight is 384 g/mol. The number of hydrogen-bond donors (Lipinski definition) is 0. The van der Waals surface area contributed by atoms with Crippen molar-refractivity contribution in [3.63, 3.8) is 0 Å². The van der Waals surface area contributed by atoms with Gasteiger partial charge in [0.05, 0.1) is 0 Å². The van der Waals surface area contributed by atoms with Gasteiger partial charge in [-0.15, -0.1) is 10.2 Å². The Labute approximate surface area is 151 Å². The first-order valence-electron chi connectivity index (χ1n) is 7.86. The first kappa shape index (κ1) is 19.0. The third-order valence-electron chi connectivity index (χ3n) is 3.92. The smallest absolute Gasteiger partial charge is 0.427 e. The third kappa shape index (κ3) is 3.70. The second-order valence-corrected chi connectivity index (χ2v) is 6.32. The SMILES string of the molecule is COCc1nnc2ccc(-c3cnc(OC(C)(C)C(F)(F)F)c(F)c3)cn12. The van der Waals surface area contributed by atoms with Gasteiger partial charge in [-0.1, -0.05) is 0 Å². The molecule has 6 nitrogen and oxygen atoms in total. The summed E-state index contributed by atoms with van der Waals surface area (Å²) in [5, 5.41) is 7.97. The van der Waals surface area contributed by atoms with Crippen LogP contribution in [0.2, 0.25) is 0 Å². The summed E-state index contributed by atoms with van der Waals surface area (Å²) in [5.41, 5.74) is -1.05. The lowest BCUT2D eigenvalue weighted by Crippen LogP contribution is -2.45. The monoisotopic (exact) mass is 384 g/mol. The molecule has 3 aromatic rings. The molecule has 0 radical (unpaired) electrons. The number of ether oxygens (including phenoxy) is 2. The summed E-state index contributed by atoms with van der Waals surface area (Å²) in [4.78, 5) is 3.72. The summed E-state index contributed by atoms with van der Waals surface area (Å²) in [6, 6.07) is 4.42. The van der Waals surface area contributed by atoms with Crippen LogP contribution in [0.4, 0.5) is 17.6 Å². The molecule has 0 amide bonds. The molecule has 0 unspecified atom stereocenters. The van der Waals surface area contributed by atoms with Crippen molar-refractivity contribution < 1.29 is 27.0 Å². The van der Waals surface area contributed by atoms with E-state index in [1.807, 2.05) is 0 Å². The van der Waals surface area contributed by atoms with E-state index >= 15 is 0 Å². The standard InChI is InChI=1S/C17H16F4N4O2/c1-16(2,17(19,20)21)27-15-12(18)6-11(7-22-15)10-4-5-13-23-24-14(9-26-3)25(13)8-10/h4-8H,9H2,1-3H3. The van der Waals surface area contributed by atoms with Crippen molar-refractivity contribution in [2.75, 3.05) is 7.11 Å². The van der Waals surface area contributed by atoms with Gasteiger partial charge in [0, 0.05) is 30.6 Å². The lowest BCUT2D eigenvalue weighted by molar-refractivity contribution is -0.235. The maximum absolute atomic E-state index is 14.3. The molecule has 3 heterocycles. The Morgan fingerprint density at radius 1 is 1.11 bits per heavy atom. The van der Waals surface area contributed by atoms with Crippen LogP contribution >= 0.6 is 0 Å². The first-order valence-corrected chi connectivity index (χ1v) is 7.86. The minimum atomic E-state index is -4.67. The van der Waals surface area contributed by atoms with Gasteiger partial charge in [-0.25, -0.2) is 9.37 Å². The van der Waals surface area contributed by atoms with Crippen LogP contribution in [0, 0.1) is 5.82 Å². The van der Waals surface area contributed by atoms with Gasteiger partial charge < -0.3 is 9.47 Å². The Kier molecular flexibility index (Phi) is 4.77. The van der Waals surface area contributed by atoms with Crippen LogP contribution in [-0.4, -0.2) is 38.5 Å². The fourth-order valence-electron chi connectivity index (χ4n) is 2.29. The molecule has 0 fully saturated rings. The predicted molar refractivity (Wildman–Crippen MR) is 87.7 cm³/mol. The molecular weight excluding hydrogens is 368 g/mol. The van der Waals surface area contributed by atoms with Crippen LogP contribution < -0.4 is 4.74 Å². The lowest BCUT2D eigenvalue weighted by atomic mass is 10.1. The van der Waals surface area contributed by atoms with E-state index in [1.165, 1.54) is 13.3 Å². The minimum Gasteiger partial charge on any atom is -0.460 e. The summed E-state index contributed by atoms with van der Waals surface area (Å²) < 4.78 is 64.5. The van der Waals surface area contributed by atoms with Gasteiger partial charge in [0.25, 0.3) is 5.88 Å². The topological polar surface area (TPSA) is 61.5 Å². The molecule has 0 aliphatic heterocycles. The highest BCUT2D eigenvalue weighted by Gasteiger charge is 2.50. The normalized spacial score (nSPS) is 12.6. The van der Waals surface area contributed by atoms with Gasteiger partial charge in [0.1, 0.15) is 6.61 Å². The summed E-state index contributed by atoms with van der Waals surface area (Å²) in [6.45, 7) is 1.84. The zero-order chi connectivity index (χ0) is 19.8. The molecule has 3 aromatic heterocycles. The van der Waals surface area contributed by atoms with Crippen molar-refractivity contribution in [3.05, 3.63) is 42.2 Å². The van der Waals surface area contributed by atoms with Gasteiger partial charge in [0.15, 0.2) is 22.9 Å². The molecule has 144 valence electrons. The Morgan fingerprint density at radius 2 is 1.85 bits per heavy atom. The zero-order valence-corrected chi connectivity index (χ0v) is 14.7. The number of aromatic nitrogens is 4. The Bertz CT molecular complexity index is 969. The fourth-order valence-corrected chi connectivity index (χ4v) is 2.29. The maximum atomic E-state index is 14.3. The molecule has 0 aliphatic rings. The van der Waals surface area contributed by atoms with E-state index < -0.39 is 23.5 Å². The van der Waals surface area contributed by atoms with Crippen LogP contribution in [0.15, 0.2) is 30.6 Å². The fraction of sp³-hybridized carbons (Fsp3) is 0.353. The zero-order valence-electron chi connectivity index (χ0n) is 14.7. The van der Waals surface area contributed by atoms with Gasteiger partial charge in [-0.3, -0.25) is 4.40 Å². The second-order valence-electron chi connectivity index (χ2n) is 6.32. The van der Waals surface area contributed by atoms with E-state index in [4.69, 9.17) is 9.47 Å². The highest BCUT2D eigenvalue weighted by atomic mass is 19.4. The molecular formula is C17H16F4N4O2. The van der Waals surface area contributed by atoms with Gasteiger partial charge in [-0.2, -0.15) is 13.2 Å². The molecule has 10 heteroatoms. The predicted octanol–water partition coefficient (Wildman–Crippen LogP) is 3.80. The molecule has 0 spiro atoms. The van der Waals surface area contributed by atoms with Gasteiger partial charge in [0.2, 0.25) is 0 Å². The molecule has 3 rings (SSSR count). The second kappa shape index (κ2) is 6.76. The highest BCUT2D eigenvalue weighted by molar-refractivity contribution is 5.64. The molecule has 0 aliphatic carbocycles. The van der Waals surface area contributed by atoms with Crippen molar-refractivity contribution in [3.8, 4) is 17.0 Å². The number of nitrogens with zero attached hydrogens (tertiary/aromatic N) is 4. The van der Waals surface area contributed by atoms with Crippen molar-refractivity contribution in [2.24, 2.45) is 0 Å². The number of pyridine rings is 2. The van der Waals surface area contributed by atoms with Crippen LogP contribution in [0.3, 0.4) is 0 Å². The van der Waals surface area contributed by atoms with E-state index in [9.17, 15) is 17.6 Å². The maximum Gasteiger partial charge on any atom is 0.427 e. The number of halogens is 4. The molecule has 0 bridgehead atoms. The minimum absolute atomic E-state index is 0.233. The summed E-state index contributed by atoms with van der Waals surface area (Å²) in [6.07, 6.45) is -1.76. The molecule has 0 aromatic carbocycles. The van der Waals surface area contributed by atoms with E-state index in [0.717, 1.165) is 19.9 Å². The first-order chi connectivity index (χ1) is 12.6. The summed E-state index contributed by atoms with van der Waals surface area (Å²) >= 11 is 0. The van der Waals surface area contributed by atoms with Gasteiger partial charge >= 0.3 is 6.18 Å². The van der Waals surface area contributed by atoms with Crippen LogP contribution in [0.1, 0.15) is 19.7 Å². The van der Waals surface area contributed by atoms with E-state index in [2.05, 4.69) is 15.2 Å². The molecule has 0 atom stereocenters. The number of methoxy groups -OCH3 is 1. The molecule has 0 saturated heterocycles. The van der Waals surface area contributed by atoms with E-state index in [0.29, 0.717) is 22.6 Å².